The number of benzene rings is 2. The Morgan fingerprint density at radius 3 is 2.30 bits per heavy atom. The molecule has 0 saturated carbocycles. The van der Waals surface area contributed by atoms with Crippen molar-refractivity contribution < 1.29 is 23.7 Å². The monoisotopic (exact) mass is 508 g/mol. The Morgan fingerprint density at radius 1 is 1.05 bits per heavy atom. The molecule has 0 spiro atoms. The molecule has 0 radical (unpaired) electrons. The molecule has 0 aliphatic carbocycles. The first-order chi connectivity index (χ1) is 17.0. The maximum absolute atomic E-state index is 14.0. The van der Waals surface area contributed by atoms with Gasteiger partial charge in [0.15, 0.2) is 11.3 Å². The van der Waals surface area contributed by atoms with E-state index in [1.807, 2.05) is 69.2 Å². The summed E-state index contributed by atoms with van der Waals surface area (Å²) in [5.74, 6) is 1.39. The summed E-state index contributed by atoms with van der Waals surface area (Å²) in [6, 6.07) is 3.42. The van der Waals surface area contributed by atoms with E-state index < -0.39 is 16.8 Å². The summed E-state index contributed by atoms with van der Waals surface area (Å²) in [5, 5.41) is 11.9. The van der Waals surface area contributed by atoms with E-state index in [1.165, 1.54) is 0 Å². The molecule has 0 bridgehead atoms. The van der Waals surface area contributed by atoms with Crippen molar-refractivity contribution in [1.29, 1.82) is 0 Å². The molecule has 1 N–H and O–H groups in total. The Balaban J connectivity index is 2.16. The van der Waals surface area contributed by atoms with E-state index in [9.17, 15) is 9.90 Å². The van der Waals surface area contributed by atoms with Crippen LogP contribution >= 0.6 is 0 Å². The van der Waals surface area contributed by atoms with Crippen molar-refractivity contribution in [3.8, 4) is 23.0 Å². The predicted molar refractivity (Wildman–Crippen MR) is 149 cm³/mol. The molecule has 6 nitrogen and oxygen atoms in total. The van der Waals surface area contributed by atoms with Crippen LogP contribution in [0.1, 0.15) is 86.8 Å². The van der Waals surface area contributed by atoms with Crippen LogP contribution in [0.4, 0.5) is 0 Å². The summed E-state index contributed by atoms with van der Waals surface area (Å²) in [6.45, 7) is 19.8. The number of phenols is 1. The zero-order valence-electron chi connectivity index (χ0n) is 23.8. The second-order valence-electron chi connectivity index (χ2n) is 12.8. The zero-order valence-corrected chi connectivity index (χ0v) is 23.8. The normalized spacial score (nSPS) is 15.3. The molecule has 2 aromatic carbocycles. The quantitative estimate of drug-likeness (QED) is 0.288. The highest BCUT2D eigenvalue weighted by molar-refractivity contribution is 5.99. The lowest BCUT2D eigenvalue weighted by molar-refractivity contribution is 0.0827. The van der Waals surface area contributed by atoms with E-state index >= 15 is 0 Å². The van der Waals surface area contributed by atoms with Gasteiger partial charge in [0.05, 0.1) is 5.39 Å². The van der Waals surface area contributed by atoms with E-state index in [-0.39, 0.29) is 16.6 Å². The van der Waals surface area contributed by atoms with Crippen LogP contribution in [0.15, 0.2) is 33.0 Å². The number of hydrogen-bond donors (Lipinski definition) is 1. The molecular formula is C31H40O6. The van der Waals surface area contributed by atoms with Crippen LogP contribution in [0.5, 0.6) is 23.0 Å². The summed E-state index contributed by atoms with van der Waals surface area (Å²) >= 11 is 0. The van der Waals surface area contributed by atoms with Gasteiger partial charge in [-0.05, 0) is 101 Å². The second kappa shape index (κ2) is 9.00. The van der Waals surface area contributed by atoms with Gasteiger partial charge in [0.1, 0.15) is 39.3 Å². The molecular weight excluding hydrogens is 468 g/mol. The third kappa shape index (κ3) is 5.43. The highest BCUT2D eigenvalue weighted by Crippen LogP contribution is 2.47. The molecule has 200 valence electrons. The summed E-state index contributed by atoms with van der Waals surface area (Å²) in [4.78, 5) is 14.0. The van der Waals surface area contributed by atoms with Gasteiger partial charge in [-0.25, -0.2) is 0 Å². The number of hydrogen-bond acceptors (Lipinski definition) is 6. The van der Waals surface area contributed by atoms with Gasteiger partial charge in [0, 0.05) is 11.1 Å². The average molecular weight is 509 g/mol. The first-order valence-electron chi connectivity index (χ1n) is 13.0. The number of ether oxygens (including phenoxy) is 3. The molecule has 37 heavy (non-hydrogen) atoms. The topological polar surface area (TPSA) is 78.1 Å². The zero-order chi connectivity index (χ0) is 27.5. The molecule has 1 aromatic heterocycles. The second-order valence-corrected chi connectivity index (χ2v) is 12.8. The largest absolute Gasteiger partial charge is 0.507 e. The summed E-state index contributed by atoms with van der Waals surface area (Å²) < 4.78 is 25.5. The van der Waals surface area contributed by atoms with Gasteiger partial charge < -0.3 is 23.7 Å². The maximum atomic E-state index is 14.0. The van der Waals surface area contributed by atoms with Crippen LogP contribution in [-0.4, -0.2) is 21.9 Å². The minimum absolute atomic E-state index is 0.0644. The summed E-state index contributed by atoms with van der Waals surface area (Å²) in [6.07, 6.45) is 3.92. The number of phenolic OH excluding ortho intramolecular Hbond substituents is 1. The number of allylic oxidation sites excluding steroid dienone is 2. The Labute approximate surface area is 219 Å². The third-order valence-electron chi connectivity index (χ3n) is 6.22. The van der Waals surface area contributed by atoms with Crippen LogP contribution in [0.3, 0.4) is 0 Å². The highest BCUT2D eigenvalue weighted by Gasteiger charge is 2.34. The van der Waals surface area contributed by atoms with Crippen molar-refractivity contribution in [1.82, 2.24) is 0 Å². The molecule has 0 unspecified atom stereocenters. The van der Waals surface area contributed by atoms with Crippen molar-refractivity contribution in [2.75, 3.05) is 0 Å². The molecule has 0 atom stereocenters. The van der Waals surface area contributed by atoms with Crippen LogP contribution in [0.25, 0.3) is 21.9 Å². The predicted octanol–water partition coefficient (Wildman–Crippen LogP) is 7.62. The van der Waals surface area contributed by atoms with Gasteiger partial charge in [-0.3, -0.25) is 4.79 Å². The van der Waals surface area contributed by atoms with Crippen molar-refractivity contribution >= 4 is 21.9 Å². The fourth-order valence-corrected chi connectivity index (χ4v) is 4.60. The fraction of sp³-hybridized carbons (Fsp3) is 0.516. The van der Waals surface area contributed by atoms with Crippen molar-refractivity contribution in [3.05, 3.63) is 45.1 Å². The number of rotatable bonds is 4. The molecule has 4 rings (SSSR count). The number of fused-ring (bicyclic) bond motifs is 3. The molecule has 1 aliphatic heterocycles. The molecule has 2 heterocycles. The van der Waals surface area contributed by atoms with Gasteiger partial charge in [-0.15, -0.1) is 0 Å². The third-order valence-corrected chi connectivity index (χ3v) is 6.22. The van der Waals surface area contributed by atoms with Gasteiger partial charge >= 0.3 is 0 Å². The first kappa shape index (κ1) is 26.9. The van der Waals surface area contributed by atoms with E-state index in [1.54, 1.807) is 12.1 Å². The molecule has 3 aromatic rings. The van der Waals surface area contributed by atoms with Crippen LogP contribution in [0, 0.1) is 0 Å². The van der Waals surface area contributed by atoms with Crippen molar-refractivity contribution in [2.45, 2.75) is 105 Å². The van der Waals surface area contributed by atoms with Crippen molar-refractivity contribution in [3.63, 3.8) is 0 Å². The average Bonchev–Trinajstić information content (AvgIpc) is 2.72. The molecule has 0 saturated heterocycles. The van der Waals surface area contributed by atoms with Crippen LogP contribution in [-0.2, 0) is 12.8 Å². The Kier molecular flexibility index (Phi) is 6.54. The lowest BCUT2D eigenvalue weighted by atomic mass is 9.89. The van der Waals surface area contributed by atoms with E-state index in [4.69, 9.17) is 18.6 Å². The van der Waals surface area contributed by atoms with Gasteiger partial charge in [-0.1, -0.05) is 11.6 Å². The smallest absolute Gasteiger partial charge is 0.205 e. The summed E-state index contributed by atoms with van der Waals surface area (Å²) in [5.41, 5.74) is 1.37. The summed E-state index contributed by atoms with van der Waals surface area (Å²) in [7, 11) is 0. The van der Waals surface area contributed by atoms with Crippen LogP contribution in [0.2, 0.25) is 0 Å². The fourth-order valence-electron chi connectivity index (χ4n) is 4.60. The lowest BCUT2D eigenvalue weighted by Gasteiger charge is -2.34. The molecule has 0 fully saturated rings. The molecule has 1 aliphatic rings. The van der Waals surface area contributed by atoms with Gasteiger partial charge in [-0.2, -0.15) is 0 Å². The SMILES string of the molecule is CC(C)=CCc1c2c(c(O)c3c(=O)c4ccc(OC(C)(C)C)c(OC(C)(C)C)c4oc13)CCC(C)(C)O2. The van der Waals surface area contributed by atoms with E-state index in [0.717, 1.165) is 17.6 Å². The van der Waals surface area contributed by atoms with Crippen molar-refractivity contribution in [2.24, 2.45) is 0 Å². The van der Waals surface area contributed by atoms with E-state index in [2.05, 4.69) is 6.08 Å². The Morgan fingerprint density at radius 2 is 1.70 bits per heavy atom. The molecule has 0 amide bonds. The standard InChI is InChI=1S/C31H40O6/c1-17(2)11-12-20-25-19(15-16-31(9,10)37-25)24(33)22-23(32)18-13-14-21(35-29(3,4)5)28(36-30(6,7)8)27(18)34-26(20)22/h11,13-14,33H,12,15-16H2,1-10H3. The van der Waals surface area contributed by atoms with Crippen LogP contribution < -0.4 is 19.6 Å². The molecule has 6 heteroatoms. The maximum Gasteiger partial charge on any atom is 0.205 e. The Bertz CT molecular complexity index is 1450. The van der Waals surface area contributed by atoms with E-state index in [0.29, 0.717) is 52.2 Å². The van der Waals surface area contributed by atoms with Gasteiger partial charge in [0.25, 0.3) is 0 Å². The number of aromatic hydroxyl groups is 1. The van der Waals surface area contributed by atoms with Gasteiger partial charge in [0.2, 0.25) is 11.2 Å². The Hall–Kier alpha value is -3.15. The minimum atomic E-state index is -0.576. The lowest BCUT2D eigenvalue weighted by Crippen LogP contribution is -2.33. The highest BCUT2D eigenvalue weighted by atomic mass is 16.5. The first-order valence-corrected chi connectivity index (χ1v) is 13.0. The minimum Gasteiger partial charge on any atom is -0.507 e.